The number of rotatable bonds is 4. The molecule has 0 unspecified atom stereocenters. The van der Waals surface area contributed by atoms with Crippen LogP contribution in [0.4, 0.5) is 5.69 Å². The molecular weight excluding hydrogens is 276 g/mol. The molecule has 0 saturated carbocycles. The predicted octanol–water partition coefficient (Wildman–Crippen LogP) is 0.150. The van der Waals surface area contributed by atoms with Gasteiger partial charge in [0, 0.05) is 24.3 Å². The van der Waals surface area contributed by atoms with Gasteiger partial charge in [-0.2, -0.15) is 0 Å². The minimum absolute atomic E-state index is 0.166. The van der Waals surface area contributed by atoms with Crippen LogP contribution in [0.1, 0.15) is 12.8 Å². The molecule has 0 amide bonds. The first-order chi connectivity index (χ1) is 8.47. The number of sulfonamides is 1. The molecule has 1 aromatic heterocycles. The summed E-state index contributed by atoms with van der Waals surface area (Å²) in [6, 6.07) is 1.41. The van der Waals surface area contributed by atoms with E-state index in [1.54, 1.807) is 5.38 Å². The van der Waals surface area contributed by atoms with Crippen LogP contribution in [0.25, 0.3) is 0 Å². The second-order valence-corrected chi connectivity index (χ2v) is 7.18. The summed E-state index contributed by atoms with van der Waals surface area (Å²) in [6.07, 6.45) is 0.924. The average molecular weight is 292 g/mol. The lowest BCUT2D eigenvalue weighted by Gasteiger charge is -2.35. The Labute approximate surface area is 110 Å². The van der Waals surface area contributed by atoms with E-state index in [4.69, 9.17) is 10.5 Å². The number of hydrogen-bond donors (Lipinski definition) is 3. The van der Waals surface area contributed by atoms with Crippen molar-refractivity contribution in [1.82, 2.24) is 4.72 Å². The highest BCUT2D eigenvalue weighted by molar-refractivity contribution is 7.91. The third-order valence-corrected chi connectivity index (χ3v) is 6.00. The van der Waals surface area contributed by atoms with Crippen molar-refractivity contribution in [3.8, 4) is 0 Å². The fourth-order valence-corrected chi connectivity index (χ4v) is 4.39. The average Bonchev–Trinajstić information content (AvgIpc) is 2.77. The molecule has 0 atom stereocenters. The molecular formula is C10H16N2O4S2. The smallest absolute Gasteiger partial charge is 0.250 e. The van der Waals surface area contributed by atoms with Gasteiger partial charge in [0.05, 0.1) is 12.1 Å². The number of nitrogen functional groups attached to an aromatic ring is 1. The first-order valence-electron chi connectivity index (χ1n) is 5.54. The molecule has 0 aromatic carbocycles. The van der Waals surface area contributed by atoms with E-state index in [1.165, 1.54) is 6.07 Å². The van der Waals surface area contributed by atoms with Crippen LogP contribution in [-0.4, -0.2) is 38.9 Å². The van der Waals surface area contributed by atoms with Crippen LogP contribution in [0.5, 0.6) is 0 Å². The van der Waals surface area contributed by atoms with Crippen LogP contribution < -0.4 is 10.5 Å². The molecule has 2 heterocycles. The maximum absolute atomic E-state index is 12.2. The quantitative estimate of drug-likeness (QED) is 0.733. The molecule has 6 nitrogen and oxygen atoms in total. The highest BCUT2D eigenvalue weighted by Crippen LogP contribution is 2.26. The van der Waals surface area contributed by atoms with Crippen molar-refractivity contribution in [3.63, 3.8) is 0 Å². The van der Waals surface area contributed by atoms with Gasteiger partial charge >= 0.3 is 0 Å². The number of aliphatic hydroxyl groups excluding tert-OH is 1. The van der Waals surface area contributed by atoms with Gasteiger partial charge in [0.2, 0.25) is 0 Å². The highest BCUT2D eigenvalue weighted by atomic mass is 32.2. The lowest BCUT2D eigenvalue weighted by atomic mass is 9.93. The molecule has 2 rings (SSSR count). The van der Waals surface area contributed by atoms with E-state index < -0.39 is 15.6 Å². The summed E-state index contributed by atoms with van der Waals surface area (Å²) in [5.74, 6) is 0. The van der Waals surface area contributed by atoms with Gasteiger partial charge in [-0.25, -0.2) is 13.1 Å². The summed E-state index contributed by atoms with van der Waals surface area (Å²) in [5, 5.41) is 11.0. The fourth-order valence-electron chi connectivity index (χ4n) is 1.86. The van der Waals surface area contributed by atoms with Crippen molar-refractivity contribution in [1.29, 1.82) is 0 Å². The first-order valence-corrected chi connectivity index (χ1v) is 7.90. The monoisotopic (exact) mass is 292 g/mol. The Morgan fingerprint density at radius 1 is 1.50 bits per heavy atom. The SMILES string of the molecule is Nc1csc(S(=O)(=O)NC2(CO)CCOCC2)c1. The van der Waals surface area contributed by atoms with Crippen LogP contribution in [0.15, 0.2) is 15.7 Å². The molecule has 0 aliphatic carbocycles. The van der Waals surface area contributed by atoms with Crippen molar-refractivity contribution >= 4 is 27.0 Å². The fraction of sp³-hybridized carbons (Fsp3) is 0.600. The third kappa shape index (κ3) is 2.83. The lowest BCUT2D eigenvalue weighted by Crippen LogP contribution is -2.54. The molecule has 1 saturated heterocycles. The number of nitrogens with one attached hydrogen (secondary N) is 1. The van der Waals surface area contributed by atoms with Crippen molar-refractivity contribution in [2.24, 2.45) is 0 Å². The zero-order valence-electron chi connectivity index (χ0n) is 9.76. The first kappa shape index (κ1) is 13.8. The zero-order chi connectivity index (χ0) is 13.2. The minimum atomic E-state index is -3.64. The van der Waals surface area contributed by atoms with Crippen molar-refractivity contribution in [2.45, 2.75) is 22.6 Å². The summed E-state index contributed by atoms with van der Waals surface area (Å²) in [4.78, 5) is 0. The minimum Gasteiger partial charge on any atom is -0.398 e. The van der Waals surface area contributed by atoms with Crippen molar-refractivity contribution < 1.29 is 18.3 Å². The number of nitrogens with two attached hydrogens (primary N) is 1. The maximum atomic E-state index is 12.2. The zero-order valence-corrected chi connectivity index (χ0v) is 11.4. The van der Waals surface area contributed by atoms with Crippen LogP contribution in [0.2, 0.25) is 0 Å². The van der Waals surface area contributed by atoms with Gasteiger partial charge < -0.3 is 15.6 Å². The number of aliphatic hydroxyl groups is 1. The molecule has 1 fully saturated rings. The van der Waals surface area contributed by atoms with E-state index in [9.17, 15) is 13.5 Å². The summed E-state index contributed by atoms with van der Waals surface area (Å²) < 4.78 is 32.3. The summed E-state index contributed by atoms with van der Waals surface area (Å²) in [5.41, 5.74) is 5.12. The van der Waals surface area contributed by atoms with Crippen molar-refractivity contribution in [2.75, 3.05) is 25.6 Å². The Morgan fingerprint density at radius 3 is 2.67 bits per heavy atom. The largest absolute Gasteiger partial charge is 0.398 e. The Balaban J connectivity index is 2.21. The Kier molecular flexibility index (Phi) is 3.93. The number of thiophene rings is 1. The van der Waals surface area contributed by atoms with Crippen LogP contribution in [0.3, 0.4) is 0 Å². The number of anilines is 1. The normalized spacial score (nSPS) is 19.8. The molecule has 0 radical (unpaired) electrons. The molecule has 1 aliphatic heterocycles. The molecule has 4 N–H and O–H groups in total. The van der Waals surface area contributed by atoms with Gasteiger partial charge in [-0.15, -0.1) is 11.3 Å². The van der Waals surface area contributed by atoms with E-state index in [-0.39, 0.29) is 10.8 Å². The summed E-state index contributed by atoms with van der Waals surface area (Å²) >= 11 is 1.07. The van der Waals surface area contributed by atoms with Gasteiger partial charge in [-0.05, 0) is 18.9 Å². The van der Waals surface area contributed by atoms with Gasteiger partial charge in [0.1, 0.15) is 4.21 Å². The number of ether oxygens (including phenoxy) is 1. The molecule has 8 heteroatoms. The molecule has 102 valence electrons. The molecule has 1 aromatic rings. The summed E-state index contributed by atoms with van der Waals surface area (Å²) in [7, 11) is -3.64. The Hall–Kier alpha value is -0.670. The molecule has 1 aliphatic rings. The van der Waals surface area contributed by atoms with Crippen molar-refractivity contribution in [3.05, 3.63) is 11.4 Å². The van der Waals surface area contributed by atoms with E-state index in [0.29, 0.717) is 31.7 Å². The predicted molar refractivity (Wildman–Crippen MR) is 68.9 cm³/mol. The summed E-state index contributed by atoms with van der Waals surface area (Å²) in [6.45, 7) is 0.641. The second kappa shape index (κ2) is 5.14. The van der Waals surface area contributed by atoms with Gasteiger partial charge in [0.15, 0.2) is 0 Å². The van der Waals surface area contributed by atoms with E-state index in [0.717, 1.165) is 11.3 Å². The van der Waals surface area contributed by atoms with E-state index >= 15 is 0 Å². The Bertz CT molecular complexity index is 506. The number of hydrogen-bond acceptors (Lipinski definition) is 6. The standard InChI is InChI=1S/C10H16N2O4S2/c11-8-5-9(17-6-8)18(14,15)12-10(7-13)1-3-16-4-2-10/h5-6,12-13H,1-4,7,11H2. The van der Waals surface area contributed by atoms with Crippen LogP contribution >= 0.6 is 11.3 Å². The molecule has 0 spiro atoms. The second-order valence-electron chi connectivity index (χ2n) is 4.36. The molecule has 18 heavy (non-hydrogen) atoms. The van der Waals surface area contributed by atoms with Gasteiger partial charge in [-0.3, -0.25) is 0 Å². The van der Waals surface area contributed by atoms with Crippen LogP contribution in [-0.2, 0) is 14.8 Å². The third-order valence-electron chi connectivity index (χ3n) is 2.96. The van der Waals surface area contributed by atoms with Gasteiger partial charge in [0.25, 0.3) is 10.0 Å². The maximum Gasteiger partial charge on any atom is 0.250 e. The van der Waals surface area contributed by atoms with Crippen LogP contribution in [0, 0.1) is 0 Å². The van der Waals surface area contributed by atoms with E-state index in [1.807, 2.05) is 0 Å². The van der Waals surface area contributed by atoms with Gasteiger partial charge in [-0.1, -0.05) is 0 Å². The highest BCUT2D eigenvalue weighted by Gasteiger charge is 2.36. The Morgan fingerprint density at radius 2 is 2.17 bits per heavy atom. The molecule has 0 bridgehead atoms. The van der Waals surface area contributed by atoms with E-state index in [2.05, 4.69) is 4.72 Å². The topological polar surface area (TPSA) is 102 Å². The lowest BCUT2D eigenvalue weighted by molar-refractivity contribution is 0.0223.